The zero-order valence-electron chi connectivity index (χ0n) is 19.4. The molecule has 0 aliphatic heterocycles. The Morgan fingerprint density at radius 2 is 1.89 bits per heavy atom. The number of pyridine rings is 1. The predicted octanol–water partition coefficient (Wildman–Crippen LogP) is 5.80. The number of benzene rings is 1. The lowest BCUT2D eigenvalue weighted by Gasteiger charge is -2.19. The number of nitrogens with one attached hydrogen (secondary N) is 1. The van der Waals surface area contributed by atoms with E-state index in [1.54, 1.807) is 23.4 Å². The fraction of sp³-hybridized carbons (Fsp3) is 0.185. The van der Waals surface area contributed by atoms with Crippen LogP contribution in [0, 0.1) is 0 Å². The van der Waals surface area contributed by atoms with Crippen LogP contribution in [0.15, 0.2) is 82.2 Å². The fourth-order valence-electron chi connectivity index (χ4n) is 3.81. The van der Waals surface area contributed by atoms with Crippen LogP contribution in [0.2, 0.25) is 0 Å². The lowest BCUT2D eigenvalue weighted by molar-refractivity contribution is -0.121. The molecule has 4 heterocycles. The van der Waals surface area contributed by atoms with E-state index in [4.69, 9.17) is 9.40 Å². The summed E-state index contributed by atoms with van der Waals surface area (Å²) < 4.78 is 5.95. The second-order valence-electron chi connectivity index (χ2n) is 8.16. The minimum Gasteiger partial charge on any atom is -0.454 e. The van der Waals surface area contributed by atoms with E-state index >= 15 is 0 Å². The highest BCUT2D eigenvalue weighted by atomic mass is 32.1. The average molecular weight is 517 g/mol. The van der Waals surface area contributed by atoms with Gasteiger partial charge >= 0.3 is 0 Å². The summed E-state index contributed by atoms with van der Waals surface area (Å²) in [5.74, 6) is 0.513. The summed E-state index contributed by atoms with van der Waals surface area (Å²) in [5.41, 5.74) is 2.61. The maximum Gasteiger partial charge on any atom is 0.270 e. The van der Waals surface area contributed by atoms with Crippen LogP contribution in [0.3, 0.4) is 0 Å². The van der Waals surface area contributed by atoms with Crippen molar-refractivity contribution >= 4 is 50.6 Å². The molecule has 36 heavy (non-hydrogen) atoms. The molecule has 182 valence electrons. The van der Waals surface area contributed by atoms with E-state index in [0.717, 1.165) is 23.0 Å². The first-order valence-corrected chi connectivity index (χ1v) is 13.4. The highest BCUT2D eigenvalue weighted by molar-refractivity contribution is 7.14. The number of thiophene rings is 1. The van der Waals surface area contributed by atoms with Gasteiger partial charge in [0.25, 0.3) is 5.91 Å². The maximum absolute atomic E-state index is 13.3. The molecule has 0 fully saturated rings. The van der Waals surface area contributed by atoms with Gasteiger partial charge in [-0.2, -0.15) is 0 Å². The molecule has 7 nitrogen and oxygen atoms in total. The Bertz CT molecular complexity index is 1410. The first-order chi connectivity index (χ1) is 17.7. The molecule has 0 spiro atoms. The topological polar surface area (TPSA) is 88.3 Å². The van der Waals surface area contributed by atoms with Gasteiger partial charge in [0.05, 0.1) is 4.88 Å². The predicted molar refractivity (Wildman–Crippen MR) is 144 cm³/mol. The van der Waals surface area contributed by atoms with Crippen molar-refractivity contribution in [3.05, 3.63) is 88.2 Å². The van der Waals surface area contributed by atoms with Gasteiger partial charge in [0.1, 0.15) is 11.3 Å². The Labute approximate surface area is 216 Å². The van der Waals surface area contributed by atoms with Crippen molar-refractivity contribution in [3.63, 3.8) is 0 Å². The Morgan fingerprint density at radius 1 is 1.03 bits per heavy atom. The quantitative estimate of drug-likeness (QED) is 0.253. The van der Waals surface area contributed by atoms with Gasteiger partial charge in [0.2, 0.25) is 5.91 Å². The number of carbonyl (C=O) groups is 2. The number of nitrogens with zero attached hydrogens (tertiary/aromatic N) is 3. The summed E-state index contributed by atoms with van der Waals surface area (Å²) >= 11 is 2.78. The van der Waals surface area contributed by atoms with E-state index in [0.29, 0.717) is 47.4 Å². The molecule has 1 aromatic carbocycles. The van der Waals surface area contributed by atoms with Crippen LogP contribution in [0.5, 0.6) is 0 Å². The van der Waals surface area contributed by atoms with Crippen LogP contribution in [0.4, 0.5) is 5.13 Å². The molecule has 9 heteroatoms. The molecule has 2 amide bonds. The summed E-state index contributed by atoms with van der Waals surface area (Å²) in [5, 5.41) is 8.32. The minimum atomic E-state index is -0.117. The standard InChI is InChI=1S/C27H24N4O3S2/c32-25(29-14-11-19-9-12-28-13-10-19)8-3-15-31(26(33)24-7-4-16-35-24)27-30-21(18-36-27)23-17-20-5-1-2-6-22(20)34-23/h1-2,4-7,9-10,12-13,16-18H,3,8,11,14-15H2,(H,29,32). The van der Waals surface area contributed by atoms with E-state index in [-0.39, 0.29) is 11.8 Å². The number of fused-ring (bicyclic) bond motifs is 1. The summed E-state index contributed by atoms with van der Waals surface area (Å²) in [4.78, 5) is 36.7. The highest BCUT2D eigenvalue weighted by Crippen LogP contribution is 2.32. The molecule has 0 aliphatic rings. The Balaban J connectivity index is 1.24. The van der Waals surface area contributed by atoms with Crippen molar-refractivity contribution < 1.29 is 14.0 Å². The zero-order chi connectivity index (χ0) is 24.7. The molecule has 0 atom stereocenters. The van der Waals surface area contributed by atoms with E-state index in [1.165, 1.54) is 22.7 Å². The molecule has 4 aromatic heterocycles. The van der Waals surface area contributed by atoms with Crippen molar-refractivity contribution in [1.82, 2.24) is 15.3 Å². The molecule has 0 unspecified atom stereocenters. The molecular formula is C27H24N4O3S2. The maximum atomic E-state index is 13.3. The fourth-order valence-corrected chi connectivity index (χ4v) is 5.32. The van der Waals surface area contributed by atoms with E-state index in [2.05, 4.69) is 10.3 Å². The third kappa shape index (κ3) is 5.69. The average Bonchev–Trinajstić information content (AvgIpc) is 3.67. The van der Waals surface area contributed by atoms with Crippen molar-refractivity contribution in [3.8, 4) is 11.5 Å². The Morgan fingerprint density at radius 3 is 2.69 bits per heavy atom. The molecule has 0 saturated carbocycles. The van der Waals surface area contributed by atoms with Gasteiger partial charge in [-0.15, -0.1) is 22.7 Å². The summed E-state index contributed by atoms with van der Waals surface area (Å²) in [6, 6.07) is 17.3. The number of hydrogen-bond acceptors (Lipinski definition) is 7. The van der Waals surface area contributed by atoms with Crippen LogP contribution in [0.25, 0.3) is 22.4 Å². The van der Waals surface area contributed by atoms with Gasteiger partial charge in [-0.1, -0.05) is 24.3 Å². The lowest BCUT2D eigenvalue weighted by atomic mass is 10.2. The third-order valence-electron chi connectivity index (χ3n) is 5.65. The van der Waals surface area contributed by atoms with E-state index in [9.17, 15) is 9.59 Å². The van der Waals surface area contributed by atoms with Gasteiger partial charge in [0, 0.05) is 42.7 Å². The van der Waals surface area contributed by atoms with Crippen molar-refractivity contribution in [2.45, 2.75) is 19.3 Å². The Hall–Kier alpha value is -3.82. The SMILES string of the molecule is O=C(CCCN(C(=O)c1cccs1)c1nc(-c2cc3ccccc3o2)cs1)NCCc1ccncc1. The number of para-hydroxylation sites is 1. The monoisotopic (exact) mass is 516 g/mol. The molecule has 5 rings (SSSR count). The van der Waals surface area contributed by atoms with Crippen molar-refractivity contribution in [1.29, 1.82) is 0 Å². The second-order valence-corrected chi connectivity index (χ2v) is 9.94. The number of carbonyl (C=O) groups excluding carboxylic acids is 2. The van der Waals surface area contributed by atoms with Gasteiger partial charge in [-0.05, 0) is 54.1 Å². The van der Waals surface area contributed by atoms with Gasteiger partial charge in [-0.3, -0.25) is 19.5 Å². The highest BCUT2D eigenvalue weighted by Gasteiger charge is 2.22. The first kappa shape index (κ1) is 23.9. The van der Waals surface area contributed by atoms with Crippen LogP contribution in [-0.4, -0.2) is 34.9 Å². The number of anilines is 1. The van der Waals surface area contributed by atoms with E-state index in [1.807, 2.05) is 59.3 Å². The van der Waals surface area contributed by atoms with Crippen LogP contribution in [0.1, 0.15) is 28.1 Å². The summed E-state index contributed by atoms with van der Waals surface area (Å²) in [6.07, 6.45) is 5.09. The second kappa shape index (κ2) is 11.3. The molecular weight excluding hydrogens is 492 g/mol. The summed E-state index contributed by atoms with van der Waals surface area (Å²) in [6.45, 7) is 0.954. The first-order valence-electron chi connectivity index (χ1n) is 11.6. The van der Waals surface area contributed by atoms with Crippen molar-refractivity contribution in [2.75, 3.05) is 18.0 Å². The van der Waals surface area contributed by atoms with Crippen molar-refractivity contribution in [2.24, 2.45) is 0 Å². The third-order valence-corrected chi connectivity index (χ3v) is 7.37. The number of thiazole rings is 1. The lowest BCUT2D eigenvalue weighted by Crippen LogP contribution is -2.32. The number of amides is 2. The Kier molecular flexibility index (Phi) is 7.49. The summed E-state index contributed by atoms with van der Waals surface area (Å²) in [7, 11) is 0. The smallest absolute Gasteiger partial charge is 0.270 e. The number of aromatic nitrogens is 2. The van der Waals surface area contributed by atoms with E-state index < -0.39 is 0 Å². The zero-order valence-corrected chi connectivity index (χ0v) is 21.1. The largest absolute Gasteiger partial charge is 0.454 e. The minimum absolute atomic E-state index is 0.0327. The van der Waals surface area contributed by atoms with Gasteiger partial charge in [0.15, 0.2) is 10.9 Å². The van der Waals surface area contributed by atoms with Gasteiger partial charge < -0.3 is 9.73 Å². The molecule has 1 N–H and O–H groups in total. The molecule has 5 aromatic rings. The van der Waals surface area contributed by atoms with Crippen LogP contribution >= 0.6 is 22.7 Å². The molecule has 0 aliphatic carbocycles. The number of rotatable bonds is 10. The van der Waals surface area contributed by atoms with Gasteiger partial charge in [-0.25, -0.2) is 4.98 Å². The number of furan rings is 1. The molecule has 0 bridgehead atoms. The van der Waals surface area contributed by atoms with Crippen LogP contribution in [-0.2, 0) is 11.2 Å². The molecule has 0 saturated heterocycles. The molecule has 0 radical (unpaired) electrons. The number of hydrogen-bond donors (Lipinski definition) is 1. The van der Waals surface area contributed by atoms with Crippen LogP contribution < -0.4 is 10.2 Å². The normalized spacial score (nSPS) is 11.0.